The minimum atomic E-state index is -0.200. The van der Waals surface area contributed by atoms with Crippen LogP contribution in [0.15, 0.2) is 35.7 Å². The molecule has 4 N–H and O–H groups in total. The molecule has 1 aromatic heterocycles. The predicted molar refractivity (Wildman–Crippen MR) is 84.2 cm³/mol. The lowest BCUT2D eigenvalue weighted by Gasteiger charge is -2.30. The minimum absolute atomic E-state index is 0.200. The molecule has 0 amide bonds. The van der Waals surface area contributed by atoms with E-state index in [1.807, 2.05) is 0 Å². The summed E-state index contributed by atoms with van der Waals surface area (Å²) in [6.45, 7) is 0.569. The van der Waals surface area contributed by atoms with Gasteiger partial charge in [-0.05, 0) is 29.5 Å². The van der Waals surface area contributed by atoms with Gasteiger partial charge in [-0.3, -0.25) is 0 Å². The summed E-state index contributed by atoms with van der Waals surface area (Å²) in [6, 6.07) is 6.71. The second-order valence-corrected chi connectivity index (χ2v) is 5.94. The lowest BCUT2D eigenvalue weighted by Crippen LogP contribution is -2.35. The lowest BCUT2D eigenvalue weighted by atomic mass is 9.78. The molecule has 2 heterocycles. The van der Waals surface area contributed by atoms with Crippen LogP contribution in [-0.4, -0.2) is 28.1 Å². The highest BCUT2D eigenvalue weighted by Crippen LogP contribution is 2.36. The van der Waals surface area contributed by atoms with Gasteiger partial charge in [-0.25, -0.2) is 15.0 Å². The van der Waals surface area contributed by atoms with Crippen molar-refractivity contribution in [3.8, 4) is 11.1 Å². The number of aryl methyl sites for hydroxylation is 1. The fourth-order valence-corrected chi connectivity index (χ4v) is 3.30. The number of benzene rings is 1. The molecule has 1 spiro atoms. The predicted octanol–water partition coefficient (Wildman–Crippen LogP) is 1.30. The molecule has 0 radical (unpaired) electrons. The van der Waals surface area contributed by atoms with Gasteiger partial charge in [0.2, 0.25) is 0 Å². The molecule has 0 saturated carbocycles. The molecule has 1 aromatic carbocycles. The van der Waals surface area contributed by atoms with Crippen molar-refractivity contribution < 1.29 is 4.74 Å². The standard InChI is InChI=1S/C16H17N5O/c17-14-13(7-19-9-20-14)11-2-1-10-3-4-16(6-12(10)5-11)8-22-15(18)21-16/h1-2,5,7,9H,3-4,6,8H2,(H2,18,21)(H2,17,19,20). The molecule has 6 nitrogen and oxygen atoms in total. The van der Waals surface area contributed by atoms with Gasteiger partial charge < -0.3 is 16.2 Å². The van der Waals surface area contributed by atoms with Gasteiger partial charge >= 0.3 is 0 Å². The number of nitrogen functional groups attached to an aromatic ring is 1. The Morgan fingerprint density at radius 1 is 1.18 bits per heavy atom. The smallest absolute Gasteiger partial charge is 0.282 e. The Labute approximate surface area is 128 Å². The Hall–Kier alpha value is -2.63. The molecule has 1 atom stereocenters. The quantitative estimate of drug-likeness (QED) is 0.826. The van der Waals surface area contributed by atoms with E-state index in [0.717, 1.165) is 30.4 Å². The van der Waals surface area contributed by atoms with Crippen LogP contribution in [0.3, 0.4) is 0 Å². The van der Waals surface area contributed by atoms with Crippen molar-refractivity contribution in [2.24, 2.45) is 10.7 Å². The zero-order chi connectivity index (χ0) is 15.2. The fourth-order valence-electron chi connectivity index (χ4n) is 3.30. The maximum absolute atomic E-state index is 5.95. The number of fused-ring (bicyclic) bond motifs is 1. The fraction of sp³-hybridized carbons (Fsp3) is 0.312. The maximum Gasteiger partial charge on any atom is 0.282 e. The summed E-state index contributed by atoms with van der Waals surface area (Å²) in [4.78, 5) is 12.6. The summed E-state index contributed by atoms with van der Waals surface area (Å²) < 4.78 is 5.38. The van der Waals surface area contributed by atoms with Crippen LogP contribution in [0.4, 0.5) is 5.82 Å². The van der Waals surface area contributed by atoms with E-state index >= 15 is 0 Å². The number of hydrogen-bond acceptors (Lipinski definition) is 6. The number of nitrogens with zero attached hydrogens (tertiary/aromatic N) is 3. The molecule has 1 aliphatic heterocycles. The van der Waals surface area contributed by atoms with Crippen LogP contribution >= 0.6 is 0 Å². The third kappa shape index (κ3) is 2.07. The average molecular weight is 295 g/mol. The van der Waals surface area contributed by atoms with Crippen molar-refractivity contribution in [3.05, 3.63) is 41.9 Å². The number of ether oxygens (including phenoxy) is 1. The van der Waals surface area contributed by atoms with Crippen molar-refractivity contribution in [2.75, 3.05) is 12.3 Å². The first-order chi connectivity index (χ1) is 10.7. The molecule has 1 unspecified atom stereocenters. The first kappa shape index (κ1) is 13.1. The summed E-state index contributed by atoms with van der Waals surface area (Å²) >= 11 is 0. The Bertz CT molecular complexity index is 773. The van der Waals surface area contributed by atoms with Crippen LogP contribution in [0.25, 0.3) is 11.1 Å². The van der Waals surface area contributed by atoms with Gasteiger partial charge in [0.15, 0.2) is 0 Å². The van der Waals surface area contributed by atoms with Gasteiger partial charge in [-0.1, -0.05) is 18.2 Å². The van der Waals surface area contributed by atoms with Crippen molar-refractivity contribution in [1.29, 1.82) is 0 Å². The van der Waals surface area contributed by atoms with Crippen LogP contribution in [-0.2, 0) is 17.6 Å². The summed E-state index contributed by atoms with van der Waals surface area (Å²) in [6.07, 6.45) is 5.99. The first-order valence-corrected chi connectivity index (χ1v) is 7.31. The van der Waals surface area contributed by atoms with Gasteiger partial charge in [0.05, 0.1) is 0 Å². The number of amidine groups is 1. The lowest BCUT2D eigenvalue weighted by molar-refractivity contribution is 0.235. The Balaban J connectivity index is 1.73. The Kier molecular flexibility index (Phi) is 2.79. The Morgan fingerprint density at radius 2 is 2.09 bits per heavy atom. The van der Waals surface area contributed by atoms with Gasteiger partial charge in [0, 0.05) is 18.2 Å². The second kappa shape index (κ2) is 4.69. The molecular weight excluding hydrogens is 278 g/mol. The van der Waals surface area contributed by atoms with Crippen LogP contribution < -0.4 is 11.5 Å². The van der Waals surface area contributed by atoms with Crippen molar-refractivity contribution in [1.82, 2.24) is 9.97 Å². The van der Waals surface area contributed by atoms with E-state index in [2.05, 4.69) is 33.2 Å². The van der Waals surface area contributed by atoms with Crippen LogP contribution in [0.2, 0.25) is 0 Å². The molecule has 1 aliphatic carbocycles. The van der Waals surface area contributed by atoms with E-state index in [1.165, 1.54) is 17.5 Å². The number of nitrogens with two attached hydrogens (primary N) is 2. The van der Waals surface area contributed by atoms with Crippen LogP contribution in [0, 0.1) is 0 Å². The second-order valence-electron chi connectivity index (χ2n) is 5.94. The molecule has 2 aromatic rings. The van der Waals surface area contributed by atoms with E-state index in [0.29, 0.717) is 18.4 Å². The largest absolute Gasteiger partial charge is 0.463 e. The molecule has 2 aliphatic rings. The van der Waals surface area contributed by atoms with Crippen molar-refractivity contribution >= 4 is 11.8 Å². The zero-order valence-electron chi connectivity index (χ0n) is 12.1. The molecule has 4 rings (SSSR count). The van der Waals surface area contributed by atoms with Gasteiger partial charge in [-0.2, -0.15) is 0 Å². The molecule has 22 heavy (non-hydrogen) atoms. The summed E-state index contributed by atoms with van der Waals surface area (Å²) in [5, 5.41) is 0. The third-order valence-corrected chi connectivity index (χ3v) is 4.48. The normalized spacial score (nSPS) is 23.0. The van der Waals surface area contributed by atoms with Crippen LogP contribution in [0.5, 0.6) is 0 Å². The number of aromatic nitrogens is 2. The molecule has 112 valence electrons. The monoisotopic (exact) mass is 295 g/mol. The molecule has 0 fully saturated rings. The van der Waals surface area contributed by atoms with Crippen LogP contribution in [0.1, 0.15) is 17.5 Å². The highest BCUT2D eigenvalue weighted by molar-refractivity contribution is 5.75. The number of hydrogen-bond donors (Lipinski definition) is 2. The van der Waals surface area contributed by atoms with Crippen molar-refractivity contribution in [3.63, 3.8) is 0 Å². The zero-order valence-corrected chi connectivity index (χ0v) is 12.1. The van der Waals surface area contributed by atoms with E-state index in [1.54, 1.807) is 6.20 Å². The minimum Gasteiger partial charge on any atom is -0.463 e. The summed E-state index contributed by atoms with van der Waals surface area (Å²) in [5.74, 6) is 0.493. The highest BCUT2D eigenvalue weighted by Gasteiger charge is 2.39. The van der Waals surface area contributed by atoms with Gasteiger partial charge in [0.1, 0.15) is 24.3 Å². The van der Waals surface area contributed by atoms with Crippen molar-refractivity contribution in [2.45, 2.75) is 24.8 Å². The van der Waals surface area contributed by atoms with Gasteiger partial charge in [0.25, 0.3) is 6.02 Å². The maximum atomic E-state index is 5.95. The highest BCUT2D eigenvalue weighted by atomic mass is 16.5. The van der Waals surface area contributed by atoms with E-state index < -0.39 is 0 Å². The average Bonchev–Trinajstić information content (AvgIpc) is 2.87. The molecular formula is C16H17N5O. The molecule has 6 heteroatoms. The topological polar surface area (TPSA) is 99.4 Å². The number of anilines is 1. The SMILES string of the molecule is NC1=NC2(CCc3ccc(-c4cncnc4N)cc3C2)CO1. The third-order valence-electron chi connectivity index (χ3n) is 4.48. The molecule has 0 saturated heterocycles. The number of rotatable bonds is 1. The Morgan fingerprint density at radius 3 is 2.86 bits per heavy atom. The summed E-state index contributed by atoms with van der Waals surface area (Å²) in [7, 11) is 0. The van der Waals surface area contributed by atoms with Gasteiger partial charge in [-0.15, -0.1) is 0 Å². The first-order valence-electron chi connectivity index (χ1n) is 7.31. The van der Waals surface area contributed by atoms with E-state index in [-0.39, 0.29) is 5.54 Å². The molecule has 0 bridgehead atoms. The summed E-state index contributed by atoms with van der Waals surface area (Å²) in [5.41, 5.74) is 16.0. The van der Waals surface area contributed by atoms with E-state index in [4.69, 9.17) is 16.2 Å². The van der Waals surface area contributed by atoms with E-state index in [9.17, 15) is 0 Å². The number of aliphatic imine (C=N–C) groups is 1.